The van der Waals surface area contributed by atoms with E-state index in [2.05, 4.69) is 13.5 Å². The summed E-state index contributed by atoms with van der Waals surface area (Å²) in [5.74, 6) is -0.0782. The van der Waals surface area contributed by atoms with Crippen LogP contribution in [-0.2, 0) is 23.7 Å². The lowest BCUT2D eigenvalue weighted by Crippen LogP contribution is -2.20. The number of unbranched alkanes of at least 4 members (excludes halogenated alkanes) is 1. The molecule has 0 aliphatic carbocycles. The maximum Gasteiger partial charge on any atom is 0.308 e. The minimum atomic E-state index is -0.104. The van der Waals surface area contributed by atoms with Gasteiger partial charge >= 0.3 is 5.97 Å². The molecule has 5 nitrogen and oxygen atoms in total. The fourth-order valence-corrected chi connectivity index (χ4v) is 1.77. The summed E-state index contributed by atoms with van der Waals surface area (Å²) in [5.41, 5.74) is 0. The van der Waals surface area contributed by atoms with E-state index in [9.17, 15) is 4.79 Å². The van der Waals surface area contributed by atoms with E-state index < -0.39 is 0 Å². The summed E-state index contributed by atoms with van der Waals surface area (Å²) >= 11 is 0. The van der Waals surface area contributed by atoms with Crippen molar-refractivity contribution in [1.82, 2.24) is 0 Å². The van der Waals surface area contributed by atoms with Gasteiger partial charge in [0, 0.05) is 0 Å². The van der Waals surface area contributed by atoms with Crippen LogP contribution in [0, 0.1) is 5.92 Å². The van der Waals surface area contributed by atoms with Crippen LogP contribution in [-0.4, -0.2) is 45.6 Å². The summed E-state index contributed by atoms with van der Waals surface area (Å²) < 4.78 is 20.7. The standard InChI is InChI=1S/C16H30O5/c1-4-7-8-15(5-2)16(17)21-14-13-20-12-11-19-10-9-18-6-3/h6,15H,3-5,7-14H2,1-2H3. The van der Waals surface area contributed by atoms with Crippen LogP contribution in [0.2, 0.25) is 0 Å². The van der Waals surface area contributed by atoms with Gasteiger partial charge in [0.1, 0.15) is 13.2 Å². The van der Waals surface area contributed by atoms with Crippen molar-refractivity contribution >= 4 is 5.97 Å². The second-order valence-corrected chi connectivity index (χ2v) is 4.68. The monoisotopic (exact) mass is 302 g/mol. The molecule has 1 atom stereocenters. The number of ether oxygens (including phenoxy) is 4. The molecule has 0 rings (SSSR count). The molecule has 0 aromatic carbocycles. The van der Waals surface area contributed by atoms with Gasteiger partial charge < -0.3 is 18.9 Å². The Morgan fingerprint density at radius 3 is 2.24 bits per heavy atom. The highest BCUT2D eigenvalue weighted by Crippen LogP contribution is 2.14. The Balaban J connectivity index is 3.40. The van der Waals surface area contributed by atoms with Gasteiger partial charge in [0.2, 0.25) is 0 Å². The maximum atomic E-state index is 11.8. The molecule has 0 aliphatic rings. The van der Waals surface area contributed by atoms with Crippen LogP contribution >= 0.6 is 0 Å². The van der Waals surface area contributed by atoms with Gasteiger partial charge in [0.25, 0.3) is 0 Å². The van der Waals surface area contributed by atoms with Crippen LogP contribution in [0.3, 0.4) is 0 Å². The van der Waals surface area contributed by atoms with Gasteiger partial charge in [0.05, 0.1) is 38.6 Å². The molecule has 0 aromatic rings. The molecule has 5 heteroatoms. The summed E-state index contributed by atoms with van der Waals surface area (Å²) in [6.07, 6.45) is 5.30. The second kappa shape index (κ2) is 15.3. The smallest absolute Gasteiger partial charge is 0.308 e. The average molecular weight is 302 g/mol. The second-order valence-electron chi connectivity index (χ2n) is 4.68. The third-order valence-corrected chi connectivity index (χ3v) is 3.04. The van der Waals surface area contributed by atoms with Crippen LogP contribution < -0.4 is 0 Å². The van der Waals surface area contributed by atoms with E-state index in [0.29, 0.717) is 39.6 Å². The molecule has 21 heavy (non-hydrogen) atoms. The predicted molar refractivity (Wildman–Crippen MR) is 82.1 cm³/mol. The summed E-state index contributed by atoms with van der Waals surface area (Å²) in [7, 11) is 0. The topological polar surface area (TPSA) is 54.0 Å². The predicted octanol–water partition coefficient (Wildman–Crippen LogP) is 2.94. The minimum absolute atomic E-state index is 0.0261. The quantitative estimate of drug-likeness (QED) is 0.264. The van der Waals surface area contributed by atoms with Gasteiger partial charge in [-0.3, -0.25) is 4.79 Å². The number of hydrogen-bond donors (Lipinski definition) is 0. The van der Waals surface area contributed by atoms with E-state index in [-0.39, 0.29) is 11.9 Å². The first-order valence-corrected chi connectivity index (χ1v) is 7.80. The molecule has 1 unspecified atom stereocenters. The van der Waals surface area contributed by atoms with E-state index in [1.165, 1.54) is 6.26 Å². The molecule has 0 bridgehead atoms. The fourth-order valence-electron chi connectivity index (χ4n) is 1.77. The highest BCUT2D eigenvalue weighted by molar-refractivity contribution is 5.72. The molecule has 0 saturated heterocycles. The number of hydrogen-bond acceptors (Lipinski definition) is 5. The lowest BCUT2D eigenvalue weighted by atomic mass is 10.00. The van der Waals surface area contributed by atoms with Gasteiger partial charge in [-0.15, -0.1) is 0 Å². The molecule has 0 radical (unpaired) electrons. The molecule has 0 amide bonds. The number of carbonyl (C=O) groups is 1. The van der Waals surface area contributed by atoms with Crippen molar-refractivity contribution in [2.45, 2.75) is 39.5 Å². The zero-order valence-electron chi connectivity index (χ0n) is 13.5. The highest BCUT2D eigenvalue weighted by Gasteiger charge is 2.16. The van der Waals surface area contributed by atoms with Gasteiger partial charge in [-0.25, -0.2) is 0 Å². The van der Waals surface area contributed by atoms with E-state index in [4.69, 9.17) is 18.9 Å². The normalized spacial score (nSPS) is 11.9. The summed E-state index contributed by atoms with van der Waals surface area (Å²) in [4.78, 5) is 11.8. The Bertz CT molecular complexity index is 255. The largest absolute Gasteiger partial charge is 0.499 e. The maximum absolute atomic E-state index is 11.8. The summed E-state index contributed by atoms with van der Waals surface area (Å²) in [6, 6.07) is 0. The third kappa shape index (κ3) is 12.4. The van der Waals surface area contributed by atoms with Gasteiger partial charge in [0.15, 0.2) is 0 Å². The molecular formula is C16H30O5. The van der Waals surface area contributed by atoms with Gasteiger partial charge in [-0.05, 0) is 12.8 Å². The van der Waals surface area contributed by atoms with Crippen molar-refractivity contribution in [3.8, 4) is 0 Å². The van der Waals surface area contributed by atoms with Crippen LogP contribution in [0.4, 0.5) is 0 Å². The number of carbonyl (C=O) groups excluding carboxylic acids is 1. The van der Waals surface area contributed by atoms with Crippen molar-refractivity contribution in [1.29, 1.82) is 0 Å². The molecule has 0 spiro atoms. The lowest BCUT2D eigenvalue weighted by molar-refractivity contribution is -0.150. The first-order valence-electron chi connectivity index (χ1n) is 7.80. The van der Waals surface area contributed by atoms with Crippen LogP contribution in [0.15, 0.2) is 12.8 Å². The zero-order chi connectivity index (χ0) is 15.8. The van der Waals surface area contributed by atoms with Gasteiger partial charge in [-0.2, -0.15) is 0 Å². The van der Waals surface area contributed by atoms with E-state index in [1.54, 1.807) is 0 Å². The average Bonchev–Trinajstić information content (AvgIpc) is 2.50. The van der Waals surface area contributed by atoms with Crippen molar-refractivity contribution in [2.24, 2.45) is 5.92 Å². The van der Waals surface area contributed by atoms with Crippen molar-refractivity contribution < 1.29 is 23.7 Å². The minimum Gasteiger partial charge on any atom is -0.499 e. The molecule has 0 fully saturated rings. The number of esters is 1. The van der Waals surface area contributed by atoms with Crippen molar-refractivity contribution in [3.63, 3.8) is 0 Å². The van der Waals surface area contributed by atoms with Crippen LogP contribution in [0.1, 0.15) is 39.5 Å². The third-order valence-electron chi connectivity index (χ3n) is 3.04. The summed E-state index contributed by atoms with van der Waals surface area (Å²) in [5, 5.41) is 0. The highest BCUT2D eigenvalue weighted by atomic mass is 16.6. The van der Waals surface area contributed by atoms with Crippen LogP contribution in [0.25, 0.3) is 0 Å². The SMILES string of the molecule is C=COCCOCCOCCOC(=O)C(CC)CCCC. The van der Waals surface area contributed by atoms with Gasteiger partial charge in [-0.1, -0.05) is 33.3 Å². The Labute approximate surface area is 128 Å². The Hall–Kier alpha value is -1.07. The van der Waals surface area contributed by atoms with Crippen molar-refractivity contribution in [2.75, 3.05) is 39.6 Å². The van der Waals surface area contributed by atoms with E-state index >= 15 is 0 Å². The molecule has 0 saturated carbocycles. The molecule has 0 N–H and O–H groups in total. The lowest BCUT2D eigenvalue weighted by Gasteiger charge is -2.13. The molecule has 0 aliphatic heterocycles. The van der Waals surface area contributed by atoms with Crippen molar-refractivity contribution in [3.05, 3.63) is 12.8 Å². The molecular weight excluding hydrogens is 272 g/mol. The first-order chi connectivity index (χ1) is 10.3. The Kier molecular flexibility index (Phi) is 14.5. The fraction of sp³-hybridized carbons (Fsp3) is 0.812. The zero-order valence-corrected chi connectivity index (χ0v) is 13.5. The Morgan fingerprint density at radius 2 is 1.67 bits per heavy atom. The van der Waals surface area contributed by atoms with E-state index in [0.717, 1.165) is 25.7 Å². The molecule has 0 aromatic heterocycles. The number of rotatable bonds is 15. The molecule has 0 heterocycles. The Morgan fingerprint density at radius 1 is 1.05 bits per heavy atom. The molecule has 124 valence electrons. The first kappa shape index (κ1) is 19.9. The van der Waals surface area contributed by atoms with E-state index in [1.807, 2.05) is 6.92 Å². The summed E-state index contributed by atoms with van der Waals surface area (Å²) in [6.45, 7) is 10.3. The van der Waals surface area contributed by atoms with Crippen LogP contribution in [0.5, 0.6) is 0 Å².